The number of ether oxygens (including phenoxy) is 2. The van der Waals surface area contributed by atoms with Gasteiger partial charge in [-0.05, 0) is 42.2 Å². The SMILES string of the molecule is COc1cccc(CCc2ccccc2OC2CC[NH2+]CC2)c1.[Cl-]. The van der Waals surface area contributed by atoms with Crippen molar-refractivity contribution in [3.05, 3.63) is 59.7 Å². The lowest BCUT2D eigenvalue weighted by atomic mass is 10.0. The molecule has 3 nitrogen and oxygen atoms in total. The van der Waals surface area contributed by atoms with E-state index in [4.69, 9.17) is 9.47 Å². The molecule has 130 valence electrons. The van der Waals surface area contributed by atoms with E-state index < -0.39 is 0 Å². The molecule has 0 atom stereocenters. The predicted molar refractivity (Wildman–Crippen MR) is 92.2 cm³/mol. The third-order valence-corrected chi connectivity index (χ3v) is 4.47. The Hall–Kier alpha value is -1.71. The maximum atomic E-state index is 6.28. The Morgan fingerprint density at radius 3 is 2.58 bits per heavy atom. The highest BCUT2D eigenvalue weighted by atomic mass is 35.5. The number of rotatable bonds is 6. The summed E-state index contributed by atoms with van der Waals surface area (Å²) in [5.41, 5.74) is 2.59. The number of hydrogen-bond donors (Lipinski definition) is 1. The van der Waals surface area contributed by atoms with E-state index in [9.17, 15) is 0 Å². The number of nitrogens with two attached hydrogens (primary N) is 1. The number of methoxy groups -OCH3 is 1. The first-order valence-corrected chi connectivity index (χ1v) is 8.54. The summed E-state index contributed by atoms with van der Waals surface area (Å²) >= 11 is 0. The number of halogens is 1. The van der Waals surface area contributed by atoms with Gasteiger partial charge in [0.2, 0.25) is 0 Å². The zero-order valence-electron chi connectivity index (χ0n) is 14.2. The Labute approximate surface area is 150 Å². The van der Waals surface area contributed by atoms with Gasteiger partial charge in [-0.3, -0.25) is 0 Å². The number of quaternary nitrogens is 1. The number of hydrogen-bond acceptors (Lipinski definition) is 2. The molecule has 0 unspecified atom stereocenters. The van der Waals surface area contributed by atoms with Crippen LogP contribution in [-0.4, -0.2) is 26.3 Å². The fraction of sp³-hybridized carbons (Fsp3) is 0.400. The van der Waals surface area contributed by atoms with Crippen LogP contribution >= 0.6 is 0 Å². The third-order valence-electron chi connectivity index (χ3n) is 4.47. The molecule has 1 aliphatic rings. The van der Waals surface area contributed by atoms with Crippen molar-refractivity contribution in [3.8, 4) is 11.5 Å². The molecule has 2 aromatic rings. The number of piperidine rings is 1. The Kier molecular flexibility index (Phi) is 7.41. The van der Waals surface area contributed by atoms with E-state index in [0.717, 1.165) is 37.2 Å². The van der Waals surface area contributed by atoms with Crippen LogP contribution in [0.4, 0.5) is 0 Å². The van der Waals surface area contributed by atoms with Gasteiger partial charge < -0.3 is 27.2 Å². The van der Waals surface area contributed by atoms with Crippen molar-refractivity contribution in [1.82, 2.24) is 0 Å². The van der Waals surface area contributed by atoms with Gasteiger partial charge in [0.05, 0.1) is 20.2 Å². The van der Waals surface area contributed by atoms with Gasteiger partial charge in [0.1, 0.15) is 17.6 Å². The fourth-order valence-corrected chi connectivity index (χ4v) is 3.13. The second-order valence-corrected chi connectivity index (χ2v) is 6.14. The highest BCUT2D eigenvalue weighted by molar-refractivity contribution is 5.35. The first-order valence-electron chi connectivity index (χ1n) is 8.54. The topological polar surface area (TPSA) is 35.1 Å². The molecule has 1 heterocycles. The van der Waals surface area contributed by atoms with Gasteiger partial charge >= 0.3 is 0 Å². The molecule has 4 heteroatoms. The van der Waals surface area contributed by atoms with Gasteiger partial charge in [0.15, 0.2) is 0 Å². The average Bonchev–Trinajstić information content (AvgIpc) is 2.62. The molecule has 0 aliphatic carbocycles. The predicted octanol–water partition coefficient (Wildman–Crippen LogP) is -0.411. The number of benzene rings is 2. The summed E-state index contributed by atoms with van der Waals surface area (Å²) in [5.74, 6) is 1.98. The summed E-state index contributed by atoms with van der Waals surface area (Å²) in [7, 11) is 1.71. The normalized spacial score (nSPS) is 14.7. The second-order valence-electron chi connectivity index (χ2n) is 6.14. The van der Waals surface area contributed by atoms with Crippen LogP contribution in [0, 0.1) is 0 Å². The average molecular weight is 348 g/mol. The molecule has 0 amide bonds. The molecule has 1 saturated heterocycles. The van der Waals surface area contributed by atoms with Crippen LogP contribution in [0.3, 0.4) is 0 Å². The van der Waals surface area contributed by atoms with Crippen molar-refractivity contribution in [1.29, 1.82) is 0 Å². The summed E-state index contributed by atoms with van der Waals surface area (Å²) in [5, 5.41) is 2.37. The van der Waals surface area contributed by atoms with Crippen molar-refractivity contribution in [2.45, 2.75) is 31.8 Å². The zero-order valence-corrected chi connectivity index (χ0v) is 15.0. The molecule has 3 rings (SSSR count). The highest BCUT2D eigenvalue weighted by Gasteiger charge is 2.18. The monoisotopic (exact) mass is 347 g/mol. The van der Waals surface area contributed by atoms with Crippen LogP contribution in [0.15, 0.2) is 48.5 Å². The minimum atomic E-state index is 0. The maximum absolute atomic E-state index is 6.28. The van der Waals surface area contributed by atoms with Crippen LogP contribution in [0.2, 0.25) is 0 Å². The molecule has 0 spiro atoms. The second kappa shape index (κ2) is 9.55. The molecular formula is C20H26ClNO2. The van der Waals surface area contributed by atoms with Gasteiger partial charge in [-0.1, -0.05) is 30.3 Å². The lowest BCUT2D eigenvalue weighted by molar-refractivity contribution is -0.664. The number of aryl methyl sites for hydroxylation is 2. The van der Waals surface area contributed by atoms with E-state index in [2.05, 4.69) is 47.8 Å². The molecule has 1 fully saturated rings. The zero-order chi connectivity index (χ0) is 15.9. The van der Waals surface area contributed by atoms with Gasteiger partial charge in [-0.15, -0.1) is 0 Å². The van der Waals surface area contributed by atoms with Gasteiger partial charge in [-0.2, -0.15) is 0 Å². The van der Waals surface area contributed by atoms with Crippen LogP contribution in [0.1, 0.15) is 24.0 Å². The summed E-state index contributed by atoms with van der Waals surface area (Å²) in [6.07, 6.45) is 4.64. The van der Waals surface area contributed by atoms with E-state index in [-0.39, 0.29) is 12.4 Å². The van der Waals surface area contributed by atoms with Gasteiger partial charge in [0, 0.05) is 12.8 Å². The molecule has 0 saturated carbocycles. The Bertz CT molecular complexity index is 627. The molecule has 2 aromatic carbocycles. The molecule has 0 bridgehead atoms. The van der Waals surface area contributed by atoms with Gasteiger partial charge in [0.25, 0.3) is 0 Å². The van der Waals surface area contributed by atoms with Crippen LogP contribution in [0.5, 0.6) is 11.5 Å². The first-order chi connectivity index (χ1) is 11.3. The summed E-state index contributed by atoms with van der Waals surface area (Å²) in [6.45, 7) is 2.35. The first kappa shape index (κ1) is 18.6. The minimum absolute atomic E-state index is 0. The van der Waals surface area contributed by atoms with Gasteiger partial charge in [-0.25, -0.2) is 0 Å². The lowest BCUT2D eigenvalue weighted by Crippen LogP contribution is -3.00. The van der Waals surface area contributed by atoms with E-state index >= 15 is 0 Å². The Morgan fingerprint density at radius 2 is 1.79 bits per heavy atom. The van der Waals surface area contributed by atoms with Crippen molar-refractivity contribution in [2.75, 3.05) is 20.2 Å². The van der Waals surface area contributed by atoms with Crippen molar-refractivity contribution in [3.63, 3.8) is 0 Å². The van der Waals surface area contributed by atoms with E-state index in [1.165, 1.54) is 24.2 Å². The highest BCUT2D eigenvalue weighted by Crippen LogP contribution is 2.23. The fourth-order valence-electron chi connectivity index (χ4n) is 3.13. The Balaban J connectivity index is 0.00000208. The lowest BCUT2D eigenvalue weighted by Gasteiger charge is -2.23. The minimum Gasteiger partial charge on any atom is -1.00 e. The van der Waals surface area contributed by atoms with Crippen LogP contribution in [0.25, 0.3) is 0 Å². The summed E-state index contributed by atoms with van der Waals surface area (Å²) in [6, 6.07) is 16.8. The molecule has 2 N–H and O–H groups in total. The summed E-state index contributed by atoms with van der Waals surface area (Å²) in [4.78, 5) is 0. The largest absolute Gasteiger partial charge is 1.00 e. The van der Waals surface area contributed by atoms with Crippen molar-refractivity contribution >= 4 is 0 Å². The van der Waals surface area contributed by atoms with Crippen molar-refractivity contribution < 1.29 is 27.2 Å². The van der Waals surface area contributed by atoms with Crippen LogP contribution < -0.4 is 27.2 Å². The molecule has 24 heavy (non-hydrogen) atoms. The molecular weight excluding hydrogens is 322 g/mol. The standard InChI is InChI=1S/C20H25NO2.ClH/c1-22-19-7-4-5-16(15-19)9-10-17-6-2-3-8-20(17)23-18-11-13-21-14-12-18;/h2-8,15,18,21H,9-14H2,1H3;1H. The quantitative estimate of drug-likeness (QED) is 0.771. The van der Waals surface area contributed by atoms with E-state index in [1.807, 2.05) is 6.07 Å². The smallest absolute Gasteiger partial charge is 0.122 e. The van der Waals surface area contributed by atoms with E-state index in [0.29, 0.717) is 6.10 Å². The summed E-state index contributed by atoms with van der Waals surface area (Å²) < 4.78 is 11.6. The maximum Gasteiger partial charge on any atom is 0.122 e. The van der Waals surface area contributed by atoms with E-state index in [1.54, 1.807) is 7.11 Å². The molecule has 1 aliphatic heterocycles. The molecule has 0 aromatic heterocycles. The van der Waals surface area contributed by atoms with Crippen molar-refractivity contribution in [2.24, 2.45) is 0 Å². The third kappa shape index (κ3) is 5.15. The molecule has 0 radical (unpaired) electrons. The Morgan fingerprint density at radius 1 is 1.00 bits per heavy atom. The van der Waals surface area contributed by atoms with Crippen LogP contribution in [-0.2, 0) is 12.8 Å². The number of para-hydroxylation sites is 1.